The Hall–Kier alpha value is -1.88. The van der Waals surface area contributed by atoms with Crippen molar-refractivity contribution < 1.29 is 19.4 Å². The molecular weight excluding hydrogens is 270 g/mol. The van der Waals surface area contributed by atoms with Gasteiger partial charge in [0.25, 0.3) is 0 Å². The number of hydrogen-bond acceptors (Lipinski definition) is 5. The number of methoxy groups -OCH3 is 1. The molecule has 0 bridgehead atoms. The Labute approximate surface area is 124 Å². The van der Waals surface area contributed by atoms with E-state index >= 15 is 0 Å². The number of aliphatic hydroxyl groups excluding tert-OH is 1. The van der Waals surface area contributed by atoms with Crippen molar-refractivity contribution in [3.8, 4) is 0 Å². The van der Waals surface area contributed by atoms with Gasteiger partial charge in [0.05, 0.1) is 7.11 Å². The lowest BCUT2D eigenvalue weighted by molar-refractivity contribution is -0.161. The fourth-order valence-electron chi connectivity index (χ4n) is 2.34. The largest absolute Gasteiger partial charge is 0.482 e. The number of nitrogens with zero attached hydrogens (tertiary/aromatic N) is 1. The third-order valence-corrected chi connectivity index (χ3v) is 3.70. The molecule has 114 valence electrons. The molecule has 5 heteroatoms. The zero-order valence-corrected chi connectivity index (χ0v) is 12.7. The number of carbonyl (C=O) groups is 1. The van der Waals surface area contributed by atoms with Gasteiger partial charge in [-0.25, -0.2) is 9.79 Å². The molecule has 0 aliphatic carbocycles. The summed E-state index contributed by atoms with van der Waals surface area (Å²) in [6, 6.07) is 8.94. The van der Waals surface area contributed by atoms with Crippen LogP contribution in [-0.4, -0.2) is 35.7 Å². The van der Waals surface area contributed by atoms with E-state index in [2.05, 4.69) is 4.99 Å². The van der Waals surface area contributed by atoms with Gasteiger partial charge in [-0.2, -0.15) is 0 Å². The highest BCUT2D eigenvalue weighted by Gasteiger charge is 2.49. The van der Waals surface area contributed by atoms with Crippen LogP contribution in [0.25, 0.3) is 0 Å². The first kappa shape index (κ1) is 15.5. The van der Waals surface area contributed by atoms with Crippen LogP contribution < -0.4 is 0 Å². The minimum absolute atomic E-state index is 0.0473. The Morgan fingerprint density at radius 3 is 2.48 bits per heavy atom. The predicted molar refractivity (Wildman–Crippen MR) is 79.0 cm³/mol. The summed E-state index contributed by atoms with van der Waals surface area (Å²) in [5.74, 6) is -0.161. The van der Waals surface area contributed by atoms with Crippen molar-refractivity contribution in [2.45, 2.75) is 38.5 Å². The van der Waals surface area contributed by atoms with E-state index in [1.165, 1.54) is 7.11 Å². The number of benzene rings is 1. The third kappa shape index (κ3) is 2.78. The van der Waals surface area contributed by atoms with Crippen LogP contribution in [0.2, 0.25) is 0 Å². The number of cyclic esters (lactones) is 1. The Morgan fingerprint density at radius 1 is 1.33 bits per heavy atom. The van der Waals surface area contributed by atoms with Gasteiger partial charge < -0.3 is 14.6 Å². The van der Waals surface area contributed by atoms with Crippen molar-refractivity contribution in [3.63, 3.8) is 0 Å². The number of carbonyl (C=O) groups excluding carboxylic acids is 1. The number of aliphatic hydroxyl groups is 1. The summed E-state index contributed by atoms with van der Waals surface area (Å²) in [5, 5.41) is 10.5. The molecule has 21 heavy (non-hydrogen) atoms. The number of rotatable bonds is 3. The van der Waals surface area contributed by atoms with E-state index in [0.717, 1.165) is 0 Å². The number of hydrogen-bond donors (Lipinski definition) is 1. The Kier molecular flexibility index (Phi) is 4.32. The van der Waals surface area contributed by atoms with Crippen molar-refractivity contribution in [2.75, 3.05) is 7.11 Å². The minimum Gasteiger partial charge on any atom is -0.482 e. The molecule has 1 heterocycles. The summed E-state index contributed by atoms with van der Waals surface area (Å²) in [7, 11) is 1.49. The van der Waals surface area contributed by atoms with Crippen LogP contribution in [0.15, 0.2) is 35.3 Å². The Morgan fingerprint density at radius 2 is 1.95 bits per heavy atom. The number of aliphatic imine (C=N–C) groups is 1. The highest BCUT2D eigenvalue weighted by atomic mass is 16.6. The van der Waals surface area contributed by atoms with Gasteiger partial charge >= 0.3 is 5.97 Å². The first-order valence-electron chi connectivity index (χ1n) is 6.98. The molecule has 0 radical (unpaired) electrons. The molecule has 1 aliphatic heterocycles. The normalized spacial score (nSPS) is 27.0. The molecule has 1 aliphatic rings. The van der Waals surface area contributed by atoms with Gasteiger partial charge in [0, 0.05) is 0 Å². The lowest BCUT2D eigenvalue weighted by atomic mass is 9.88. The Bertz CT molecular complexity index is 540. The second kappa shape index (κ2) is 5.85. The van der Waals surface area contributed by atoms with Crippen LogP contribution >= 0.6 is 0 Å². The highest BCUT2D eigenvalue weighted by Crippen LogP contribution is 2.35. The second-order valence-corrected chi connectivity index (χ2v) is 5.68. The SMILES string of the molecule is COC1=N[C@](C)([C@@H](O)c2ccccc2)C(=O)O[C@H]1C(C)C. The van der Waals surface area contributed by atoms with Crippen LogP contribution in [0.1, 0.15) is 32.4 Å². The maximum Gasteiger partial charge on any atom is 0.337 e. The molecule has 1 aromatic carbocycles. The summed E-state index contributed by atoms with van der Waals surface area (Å²) in [5.41, 5.74) is -0.794. The zero-order valence-electron chi connectivity index (χ0n) is 12.7. The smallest absolute Gasteiger partial charge is 0.337 e. The molecule has 0 aromatic heterocycles. The molecule has 3 atom stereocenters. The minimum atomic E-state index is -1.40. The van der Waals surface area contributed by atoms with E-state index in [1.54, 1.807) is 31.2 Å². The van der Waals surface area contributed by atoms with Crippen molar-refractivity contribution in [3.05, 3.63) is 35.9 Å². The topological polar surface area (TPSA) is 68.1 Å². The van der Waals surface area contributed by atoms with Gasteiger partial charge in [-0.1, -0.05) is 44.2 Å². The molecule has 0 amide bonds. The maximum atomic E-state index is 12.4. The second-order valence-electron chi connectivity index (χ2n) is 5.68. The standard InChI is InChI=1S/C16H21NO4/c1-10(2)12-14(20-4)17-16(3,15(19)21-12)13(18)11-8-6-5-7-9-11/h5-10,12-13,18H,1-4H3/t12-,13-,16+/m0/s1. The molecule has 5 nitrogen and oxygen atoms in total. The Balaban J connectivity index is 2.41. The van der Waals surface area contributed by atoms with Gasteiger partial charge in [-0.05, 0) is 18.4 Å². The lowest BCUT2D eigenvalue weighted by Gasteiger charge is -2.36. The summed E-state index contributed by atoms with van der Waals surface area (Å²) in [4.78, 5) is 16.7. The first-order chi connectivity index (χ1) is 9.90. The molecule has 2 rings (SSSR count). The zero-order chi connectivity index (χ0) is 15.6. The molecule has 0 saturated heterocycles. The molecule has 1 aromatic rings. The first-order valence-corrected chi connectivity index (χ1v) is 6.98. The van der Waals surface area contributed by atoms with E-state index in [9.17, 15) is 9.90 Å². The lowest BCUT2D eigenvalue weighted by Crippen LogP contribution is -2.51. The van der Waals surface area contributed by atoms with Gasteiger partial charge in [-0.3, -0.25) is 0 Å². The van der Waals surface area contributed by atoms with Gasteiger partial charge in [0.15, 0.2) is 11.6 Å². The van der Waals surface area contributed by atoms with Crippen LogP contribution in [-0.2, 0) is 14.3 Å². The average molecular weight is 291 g/mol. The van der Waals surface area contributed by atoms with Gasteiger partial charge in [0.2, 0.25) is 5.90 Å². The van der Waals surface area contributed by atoms with Crippen molar-refractivity contribution in [2.24, 2.45) is 10.9 Å². The molecule has 0 saturated carbocycles. The molecule has 0 unspecified atom stereocenters. The van der Waals surface area contributed by atoms with Crippen LogP contribution in [0, 0.1) is 5.92 Å². The number of ether oxygens (including phenoxy) is 2. The third-order valence-electron chi connectivity index (χ3n) is 3.70. The van der Waals surface area contributed by atoms with E-state index in [0.29, 0.717) is 11.5 Å². The summed E-state index contributed by atoms with van der Waals surface area (Å²) in [6.07, 6.45) is -1.61. The van der Waals surface area contributed by atoms with Crippen LogP contribution in [0.4, 0.5) is 0 Å². The molecular formula is C16H21NO4. The molecule has 1 N–H and O–H groups in total. The molecule has 0 fully saturated rings. The molecule has 0 spiro atoms. The van der Waals surface area contributed by atoms with E-state index in [1.807, 2.05) is 19.9 Å². The predicted octanol–water partition coefficient (Wildman–Crippen LogP) is 2.10. The van der Waals surface area contributed by atoms with E-state index in [-0.39, 0.29) is 5.92 Å². The fourth-order valence-corrected chi connectivity index (χ4v) is 2.34. The van der Waals surface area contributed by atoms with E-state index < -0.39 is 23.7 Å². The average Bonchev–Trinajstić information content (AvgIpc) is 2.49. The van der Waals surface area contributed by atoms with Crippen molar-refractivity contribution >= 4 is 11.9 Å². The highest BCUT2D eigenvalue weighted by molar-refractivity contribution is 5.94. The summed E-state index contributed by atoms with van der Waals surface area (Å²) in [6.45, 7) is 5.40. The number of esters is 1. The summed E-state index contributed by atoms with van der Waals surface area (Å²) < 4.78 is 10.7. The van der Waals surface area contributed by atoms with Gasteiger partial charge in [-0.15, -0.1) is 0 Å². The maximum absolute atomic E-state index is 12.4. The van der Waals surface area contributed by atoms with Crippen molar-refractivity contribution in [1.82, 2.24) is 0 Å². The monoisotopic (exact) mass is 291 g/mol. The van der Waals surface area contributed by atoms with Crippen molar-refractivity contribution in [1.29, 1.82) is 0 Å². The van der Waals surface area contributed by atoms with Gasteiger partial charge in [0.1, 0.15) is 6.10 Å². The van der Waals surface area contributed by atoms with Crippen LogP contribution in [0.5, 0.6) is 0 Å². The summed E-state index contributed by atoms with van der Waals surface area (Å²) >= 11 is 0. The fraction of sp³-hybridized carbons (Fsp3) is 0.500. The van der Waals surface area contributed by atoms with E-state index in [4.69, 9.17) is 9.47 Å². The quantitative estimate of drug-likeness (QED) is 0.866. The van der Waals surface area contributed by atoms with Crippen LogP contribution in [0.3, 0.4) is 0 Å².